The van der Waals surface area contributed by atoms with Crippen LogP contribution in [0, 0.1) is 0 Å². The molecule has 0 aromatic carbocycles. The summed E-state index contributed by atoms with van der Waals surface area (Å²) in [5, 5.41) is 3.09. The molecular weight excluding hydrogens is 194 g/mol. The second kappa shape index (κ2) is 5.31. The summed E-state index contributed by atoms with van der Waals surface area (Å²) in [5.74, 6) is 0.307. The largest absolute Gasteiger partial charge is 0.465 e. The fraction of sp³-hybridized carbons (Fsp3) is 0.400. The van der Waals surface area contributed by atoms with Crippen LogP contribution < -0.4 is 11.1 Å². The molecule has 5 heteroatoms. The van der Waals surface area contributed by atoms with E-state index in [1.165, 1.54) is 13.3 Å². The Morgan fingerprint density at radius 2 is 2.40 bits per heavy atom. The highest BCUT2D eigenvalue weighted by Gasteiger charge is 2.06. The van der Waals surface area contributed by atoms with Gasteiger partial charge in [0.15, 0.2) is 0 Å². The molecule has 0 saturated heterocycles. The van der Waals surface area contributed by atoms with Gasteiger partial charge in [0.2, 0.25) is 0 Å². The number of aromatic nitrogens is 1. The minimum Gasteiger partial charge on any atom is -0.465 e. The van der Waals surface area contributed by atoms with Gasteiger partial charge in [-0.3, -0.25) is 0 Å². The molecular formula is C10H15N3O2. The number of hydrogen-bond donors (Lipinski definition) is 2. The van der Waals surface area contributed by atoms with Gasteiger partial charge in [0.05, 0.1) is 12.7 Å². The first-order valence-corrected chi connectivity index (χ1v) is 4.68. The van der Waals surface area contributed by atoms with Gasteiger partial charge in [-0.25, -0.2) is 9.78 Å². The molecule has 15 heavy (non-hydrogen) atoms. The minimum atomic E-state index is -0.388. The van der Waals surface area contributed by atoms with Gasteiger partial charge in [-0.2, -0.15) is 0 Å². The number of ether oxygens (including phenoxy) is 1. The summed E-state index contributed by atoms with van der Waals surface area (Å²) in [6.45, 7) is 2.48. The predicted molar refractivity (Wildman–Crippen MR) is 57.7 cm³/mol. The Labute approximate surface area is 88.6 Å². The third-order valence-corrected chi connectivity index (χ3v) is 1.93. The molecule has 1 rings (SSSR count). The van der Waals surface area contributed by atoms with Crippen molar-refractivity contribution >= 4 is 11.8 Å². The molecule has 5 nitrogen and oxygen atoms in total. The van der Waals surface area contributed by atoms with Crippen LogP contribution >= 0.6 is 0 Å². The topological polar surface area (TPSA) is 77.2 Å². The summed E-state index contributed by atoms with van der Waals surface area (Å²) in [7, 11) is 1.34. The Morgan fingerprint density at radius 3 is 2.87 bits per heavy atom. The van der Waals surface area contributed by atoms with Crippen LogP contribution in [0.4, 0.5) is 5.82 Å². The molecule has 0 aliphatic heterocycles. The van der Waals surface area contributed by atoms with Crippen molar-refractivity contribution in [3.05, 3.63) is 23.9 Å². The number of carbonyl (C=O) groups excluding carboxylic acids is 1. The fourth-order valence-electron chi connectivity index (χ4n) is 1.03. The number of pyridine rings is 1. The van der Waals surface area contributed by atoms with Gasteiger partial charge in [0.1, 0.15) is 5.82 Å². The molecule has 0 bridgehead atoms. The van der Waals surface area contributed by atoms with E-state index in [2.05, 4.69) is 15.0 Å². The molecule has 1 heterocycles. The molecule has 0 saturated carbocycles. The van der Waals surface area contributed by atoms with Crippen molar-refractivity contribution < 1.29 is 9.53 Å². The number of anilines is 1. The van der Waals surface area contributed by atoms with E-state index in [4.69, 9.17) is 5.73 Å². The highest BCUT2D eigenvalue weighted by atomic mass is 16.5. The molecule has 0 aliphatic rings. The lowest BCUT2D eigenvalue weighted by atomic mass is 10.3. The quantitative estimate of drug-likeness (QED) is 0.711. The zero-order valence-corrected chi connectivity index (χ0v) is 8.86. The highest BCUT2D eigenvalue weighted by molar-refractivity contribution is 5.89. The van der Waals surface area contributed by atoms with Gasteiger partial charge in [0.25, 0.3) is 0 Å². The predicted octanol–water partition coefficient (Wildman–Crippen LogP) is 0.627. The van der Waals surface area contributed by atoms with Crippen LogP contribution in [0.1, 0.15) is 17.3 Å². The Balaban J connectivity index is 2.68. The van der Waals surface area contributed by atoms with E-state index >= 15 is 0 Å². The first-order chi connectivity index (χ1) is 7.17. The third kappa shape index (κ3) is 3.21. The Hall–Kier alpha value is -1.62. The Bertz CT molecular complexity index is 324. The van der Waals surface area contributed by atoms with Crippen LogP contribution in [0.15, 0.2) is 18.3 Å². The first kappa shape index (κ1) is 11.5. The monoisotopic (exact) mass is 209 g/mol. The molecule has 82 valence electrons. The number of carbonyl (C=O) groups is 1. The molecule has 1 aromatic heterocycles. The molecule has 0 spiro atoms. The molecule has 1 unspecified atom stereocenters. The molecule has 1 atom stereocenters. The van der Waals surface area contributed by atoms with Crippen LogP contribution in [0.25, 0.3) is 0 Å². The Kier molecular flexibility index (Phi) is 4.05. The number of nitrogens with one attached hydrogen (secondary N) is 1. The maximum Gasteiger partial charge on any atom is 0.339 e. The maximum atomic E-state index is 11.1. The molecule has 1 aromatic rings. The van der Waals surface area contributed by atoms with Gasteiger partial charge in [-0.15, -0.1) is 0 Å². The van der Waals surface area contributed by atoms with Crippen LogP contribution in [-0.4, -0.2) is 30.6 Å². The molecule has 3 N–H and O–H groups in total. The molecule has 0 aliphatic carbocycles. The van der Waals surface area contributed by atoms with E-state index in [-0.39, 0.29) is 12.0 Å². The van der Waals surface area contributed by atoms with Gasteiger partial charge in [-0.1, -0.05) is 0 Å². The lowest BCUT2D eigenvalue weighted by Crippen LogP contribution is -2.25. The first-order valence-electron chi connectivity index (χ1n) is 4.68. The van der Waals surface area contributed by atoms with E-state index in [9.17, 15) is 4.79 Å². The number of rotatable bonds is 4. The fourth-order valence-corrected chi connectivity index (χ4v) is 1.03. The number of esters is 1. The zero-order chi connectivity index (χ0) is 11.3. The van der Waals surface area contributed by atoms with Crippen molar-refractivity contribution in [3.63, 3.8) is 0 Å². The van der Waals surface area contributed by atoms with Crippen LogP contribution in [-0.2, 0) is 4.74 Å². The van der Waals surface area contributed by atoms with Gasteiger partial charge in [-0.05, 0) is 19.1 Å². The van der Waals surface area contributed by atoms with Crippen molar-refractivity contribution in [2.75, 3.05) is 19.0 Å². The average molecular weight is 209 g/mol. The third-order valence-electron chi connectivity index (χ3n) is 1.93. The summed E-state index contributed by atoms with van der Waals surface area (Å²) >= 11 is 0. The summed E-state index contributed by atoms with van der Waals surface area (Å²) < 4.78 is 4.56. The van der Waals surface area contributed by atoms with Crippen molar-refractivity contribution in [1.29, 1.82) is 0 Å². The second-order valence-corrected chi connectivity index (χ2v) is 3.20. The number of nitrogens with zero attached hydrogens (tertiary/aromatic N) is 1. The normalized spacial score (nSPS) is 11.9. The van der Waals surface area contributed by atoms with Crippen LogP contribution in [0.2, 0.25) is 0 Å². The molecule has 0 amide bonds. The van der Waals surface area contributed by atoms with Gasteiger partial charge < -0.3 is 15.8 Å². The summed E-state index contributed by atoms with van der Waals surface area (Å²) in [4.78, 5) is 15.2. The number of methoxy groups -OCH3 is 1. The zero-order valence-electron chi connectivity index (χ0n) is 8.86. The smallest absolute Gasteiger partial charge is 0.339 e. The van der Waals surface area contributed by atoms with Gasteiger partial charge in [0, 0.05) is 18.8 Å². The van der Waals surface area contributed by atoms with E-state index < -0.39 is 0 Å². The van der Waals surface area contributed by atoms with Gasteiger partial charge >= 0.3 is 5.97 Å². The second-order valence-electron chi connectivity index (χ2n) is 3.20. The SMILES string of the molecule is COC(=O)c1ccc(NC(C)CN)nc1. The molecule has 0 fully saturated rings. The van der Waals surface area contributed by atoms with Crippen molar-refractivity contribution in [2.24, 2.45) is 5.73 Å². The summed E-state index contributed by atoms with van der Waals surface area (Å²) in [6, 6.07) is 3.53. The summed E-state index contributed by atoms with van der Waals surface area (Å²) in [5.41, 5.74) is 5.89. The standard InChI is InChI=1S/C10H15N3O2/c1-7(5-11)13-9-4-3-8(6-12-9)10(14)15-2/h3-4,6-7H,5,11H2,1-2H3,(H,12,13). The summed E-state index contributed by atoms with van der Waals surface area (Å²) in [6.07, 6.45) is 1.47. The van der Waals surface area contributed by atoms with Crippen molar-refractivity contribution in [3.8, 4) is 0 Å². The maximum absolute atomic E-state index is 11.1. The van der Waals surface area contributed by atoms with E-state index in [1.54, 1.807) is 12.1 Å². The Morgan fingerprint density at radius 1 is 1.67 bits per heavy atom. The van der Waals surface area contributed by atoms with Crippen LogP contribution in [0.5, 0.6) is 0 Å². The van der Waals surface area contributed by atoms with Crippen molar-refractivity contribution in [1.82, 2.24) is 4.98 Å². The van der Waals surface area contributed by atoms with E-state index in [1.807, 2.05) is 6.92 Å². The lowest BCUT2D eigenvalue weighted by Gasteiger charge is -2.11. The average Bonchev–Trinajstić information content (AvgIpc) is 2.29. The number of nitrogens with two attached hydrogens (primary N) is 1. The van der Waals surface area contributed by atoms with Crippen LogP contribution in [0.3, 0.4) is 0 Å². The minimum absolute atomic E-state index is 0.154. The van der Waals surface area contributed by atoms with E-state index in [0.29, 0.717) is 17.9 Å². The number of hydrogen-bond acceptors (Lipinski definition) is 5. The highest BCUT2D eigenvalue weighted by Crippen LogP contribution is 2.06. The van der Waals surface area contributed by atoms with E-state index in [0.717, 1.165) is 0 Å². The lowest BCUT2D eigenvalue weighted by molar-refractivity contribution is 0.0600. The molecule has 0 radical (unpaired) electrons. The van der Waals surface area contributed by atoms with Crippen molar-refractivity contribution in [2.45, 2.75) is 13.0 Å².